The molecule has 2 aromatic heterocycles. The van der Waals surface area contributed by atoms with Gasteiger partial charge >= 0.3 is 6.18 Å². The Kier molecular flexibility index (Phi) is 6.18. The molecule has 5 rings (SSSR count). The average Bonchev–Trinajstić information content (AvgIpc) is 3.32. The van der Waals surface area contributed by atoms with E-state index >= 15 is 0 Å². The number of nitrogens with zero attached hydrogens (tertiary/aromatic N) is 5. The highest BCUT2D eigenvalue weighted by atomic mass is 19.4. The molecule has 0 fully saturated rings. The molecule has 188 valence electrons. The summed E-state index contributed by atoms with van der Waals surface area (Å²) < 4.78 is 42.6. The van der Waals surface area contributed by atoms with Crippen LogP contribution in [0.5, 0.6) is 0 Å². The zero-order valence-corrected chi connectivity index (χ0v) is 20.6. The van der Waals surface area contributed by atoms with E-state index in [4.69, 9.17) is 15.0 Å². The van der Waals surface area contributed by atoms with Crippen LogP contribution in [0.4, 0.5) is 13.2 Å². The topological polar surface area (TPSA) is 63.4 Å². The van der Waals surface area contributed by atoms with Gasteiger partial charge in [-0.2, -0.15) is 13.2 Å². The second-order valence-electron chi connectivity index (χ2n) is 9.46. The average molecular weight is 496 g/mol. The summed E-state index contributed by atoms with van der Waals surface area (Å²) in [7, 11) is 0. The van der Waals surface area contributed by atoms with E-state index in [1.807, 2.05) is 18.3 Å². The summed E-state index contributed by atoms with van der Waals surface area (Å²) in [6.45, 7) is 6.90. The molecule has 0 radical (unpaired) electrons. The van der Waals surface area contributed by atoms with Crippen LogP contribution in [0, 0.1) is 6.92 Å². The molecular weight excluding hydrogens is 467 g/mol. The summed E-state index contributed by atoms with van der Waals surface area (Å²) >= 11 is 0. The van der Waals surface area contributed by atoms with Crippen molar-refractivity contribution in [3.63, 3.8) is 0 Å². The Labute approximate surface area is 207 Å². The van der Waals surface area contributed by atoms with E-state index in [2.05, 4.69) is 4.57 Å². The van der Waals surface area contributed by atoms with Crippen LogP contribution in [0.3, 0.4) is 0 Å². The zero-order valence-electron chi connectivity index (χ0n) is 20.6. The van der Waals surface area contributed by atoms with Crippen molar-refractivity contribution < 1.29 is 18.0 Å². The van der Waals surface area contributed by atoms with E-state index < -0.39 is 17.8 Å². The van der Waals surface area contributed by atoms with Crippen molar-refractivity contribution in [2.75, 3.05) is 13.1 Å². The number of hydrogen-bond acceptors (Lipinski definition) is 4. The van der Waals surface area contributed by atoms with E-state index in [1.54, 1.807) is 24.8 Å². The van der Waals surface area contributed by atoms with Crippen molar-refractivity contribution in [1.29, 1.82) is 0 Å². The molecule has 2 aliphatic heterocycles. The standard InChI is InChI=1S/C27H28F3N5O/c1-16-20(6-4-7-22(16)27(28,29)30)17(2)32-26-21-14-23(19-9-12-34(13-10-19)18(3)36)31-15-24(21)35-11-5-8-25(35)33-26/h4,6-7,9,14-15,17H,5,8,10-13H2,1-3H3/b32-26-. The second-order valence-corrected chi connectivity index (χ2v) is 9.46. The molecule has 0 bridgehead atoms. The molecule has 0 aliphatic carbocycles. The molecule has 2 aliphatic rings. The maximum atomic E-state index is 13.5. The van der Waals surface area contributed by atoms with Gasteiger partial charge in [-0.05, 0) is 55.5 Å². The van der Waals surface area contributed by atoms with Crippen LogP contribution in [-0.2, 0) is 23.9 Å². The lowest BCUT2D eigenvalue weighted by atomic mass is 9.97. The fourth-order valence-electron chi connectivity index (χ4n) is 5.19. The number of rotatable bonds is 3. The third-order valence-corrected chi connectivity index (χ3v) is 7.17. The third-order valence-electron chi connectivity index (χ3n) is 7.17. The van der Waals surface area contributed by atoms with Crippen molar-refractivity contribution in [2.45, 2.75) is 58.8 Å². The van der Waals surface area contributed by atoms with E-state index in [0.717, 1.165) is 53.4 Å². The molecule has 3 aromatic rings. The van der Waals surface area contributed by atoms with E-state index in [1.165, 1.54) is 13.0 Å². The predicted molar refractivity (Wildman–Crippen MR) is 131 cm³/mol. The predicted octanol–water partition coefficient (Wildman–Crippen LogP) is 5.00. The quantitative estimate of drug-likeness (QED) is 0.514. The van der Waals surface area contributed by atoms with Gasteiger partial charge in [-0.25, -0.2) is 4.98 Å². The van der Waals surface area contributed by atoms with Gasteiger partial charge in [-0.1, -0.05) is 18.2 Å². The number of amides is 1. The van der Waals surface area contributed by atoms with Gasteiger partial charge < -0.3 is 9.47 Å². The van der Waals surface area contributed by atoms with Crippen LogP contribution in [-0.4, -0.2) is 38.4 Å². The Morgan fingerprint density at radius 1 is 1.19 bits per heavy atom. The van der Waals surface area contributed by atoms with Crippen molar-refractivity contribution in [2.24, 2.45) is 4.99 Å². The maximum Gasteiger partial charge on any atom is 0.416 e. The minimum absolute atomic E-state index is 0.0490. The highest BCUT2D eigenvalue weighted by molar-refractivity contribution is 5.82. The van der Waals surface area contributed by atoms with Crippen LogP contribution < -0.4 is 5.49 Å². The Bertz CT molecular complexity index is 1450. The fraction of sp³-hybridized carbons (Fsp3) is 0.407. The summed E-state index contributed by atoms with van der Waals surface area (Å²) in [5, 5.41) is 0.831. The lowest BCUT2D eigenvalue weighted by Gasteiger charge is -2.25. The highest BCUT2D eigenvalue weighted by Gasteiger charge is 2.33. The number of carbonyl (C=O) groups is 1. The van der Waals surface area contributed by atoms with Gasteiger partial charge in [0, 0.05) is 38.4 Å². The van der Waals surface area contributed by atoms with Crippen LogP contribution in [0.2, 0.25) is 0 Å². The van der Waals surface area contributed by atoms with Gasteiger partial charge in [0.2, 0.25) is 5.91 Å². The molecule has 6 nitrogen and oxygen atoms in total. The van der Waals surface area contributed by atoms with Crippen molar-refractivity contribution in [3.05, 3.63) is 70.2 Å². The number of aromatic nitrogens is 3. The molecule has 1 amide bonds. The monoisotopic (exact) mass is 495 g/mol. The Balaban J connectivity index is 1.62. The molecule has 0 saturated carbocycles. The lowest BCUT2D eigenvalue weighted by molar-refractivity contribution is -0.138. The minimum atomic E-state index is -4.42. The first-order valence-corrected chi connectivity index (χ1v) is 12.2. The number of benzene rings is 1. The van der Waals surface area contributed by atoms with Gasteiger partial charge in [0.1, 0.15) is 5.82 Å². The molecule has 0 N–H and O–H groups in total. The van der Waals surface area contributed by atoms with Gasteiger partial charge in [-0.3, -0.25) is 14.8 Å². The number of fused-ring (bicyclic) bond motifs is 3. The number of alkyl halides is 3. The normalized spacial score (nSPS) is 17.3. The number of hydrogen-bond donors (Lipinski definition) is 0. The maximum absolute atomic E-state index is 13.5. The molecule has 4 heterocycles. The molecule has 1 unspecified atom stereocenters. The highest BCUT2D eigenvalue weighted by Crippen LogP contribution is 2.35. The van der Waals surface area contributed by atoms with Crippen LogP contribution in [0.15, 0.2) is 41.5 Å². The molecule has 9 heteroatoms. The first-order valence-electron chi connectivity index (χ1n) is 12.2. The Hall–Kier alpha value is -3.49. The Morgan fingerprint density at radius 3 is 2.69 bits per heavy atom. The molecule has 36 heavy (non-hydrogen) atoms. The van der Waals surface area contributed by atoms with Crippen molar-refractivity contribution >= 4 is 22.4 Å². The SMILES string of the molecule is CC(=O)N1CC=C(c2cc3/c(=N/C(C)c4cccc(C(F)(F)F)c4C)nc4n(c3cn2)CCC4)CC1. The van der Waals surface area contributed by atoms with Gasteiger partial charge in [-0.15, -0.1) is 0 Å². The smallest absolute Gasteiger partial charge is 0.339 e. The third kappa shape index (κ3) is 4.42. The van der Waals surface area contributed by atoms with Crippen molar-refractivity contribution in [3.8, 4) is 0 Å². The van der Waals surface area contributed by atoms with Crippen LogP contribution in [0.1, 0.15) is 60.9 Å². The molecule has 0 saturated heterocycles. The largest absolute Gasteiger partial charge is 0.416 e. The molecular formula is C27H28F3N5O. The molecule has 1 aromatic carbocycles. The second kappa shape index (κ2) is 9.19. The van der Waals surface area contributed by atoms with E-state index in [0.29, 0.717) is 30.6 Å². The van der Waals surface area contributed by atoms with Crippen molar-refractivity contribution in [1.82, 2.24) is 19.4 Å². The fourth-order valence-corrected chi connectivity index (χ4v) is 5.19. The van der Waals surface area contributed by atoms with Crippen LogP contribution >= 0.6 is 0 Å². The minimum Gasteiger partial charge on any atom is -0.339 e. The van der Waals surface area contributed by atoms with Gasteiger partial charge in [0.15, 0.2) is 5.49 Å². The lowest BCUT2D eigenvalue weighted by Crippen LogP contribution is -2.32. The number of pyridine rings is 1. The first-order chi connectivity index (χ1) is 17.1. The van der Waals surface area contributed by atoms with Gasteiger partial charge in [0.25, 0.3) is 0 Å². The van der Waals surface area contributed by atoms with Crippen LogP contribution in [0.25, 0.3) is 16.5 Å². The van der Waals surface area contributed by atoms with E-state index in [9.17, 15) is 18.0 Å². The number of carbonyl (C=O) groups excluding carboxylic acids is 1. The first kappa shape index (κ1) is 24.2. The summed E-state index contributed by atoms with van der Waals surface area (Å²) in [4.78, 5) is 27.9. The number of aryl methyl sites for hydroxylation is 2. The summed E-state index contributed by atoms with van der Waals surface area (Å²) in [5.74, 6) is 0.964. The summed E-state index contributed by atoms with van der Waals surface area (Å²) in [5.41, 5.74) is 3.40. The van der Waals surface area contributed by atoms with E-state index in [-0.39, 0.29) is 11.5 Å². The Morgan fingerprint density at radius 2 is 2.00 bits per heavy atom. The summed E-state index contributed by atoms with van der Waals surface area (Å²) in [6.07, 6.45) is 1.96. The number of halogens is 3. The summed E-state index contributed by atoms with van der Waals surface area (Å²) in [6, 6.07) is 5.71. The van der Waals surface area contributed by atoms with Gasteiger partial charge in [0.05, 0.1) is 29.0 Å². The molecule has 0 spiro atoms. The zero-order chi connectivity index (χ0) is 25.6. The molecule has 1 atom stereocenters.